The normalized spacial score (nSPS) is 15.0. The Morgan fingerprint density at radius 1 is 0.776 bits per heavy atom. The van der Waals surface area contributed by atoms with E-state index >= 15 is 0 Å². The number of amides is 2. The van der Waals surface area contributed by atoms with Gasteiger partial charge in [-0.3, -0.25) is 9.59 Å². The number of nitrogens with one attached hydrogen (secondary N) is 2. The Bertz CT molecular complexity index is 1780. The average molecular weight is 870 g/mol. The third-order valence-corrected chi connectivity index (χ3v) is 6.75. The van der Waals surface area contributed by atoms with Gasteiger partial charge in [0.15, 0.2) is 5.69 Å². The Balaban J connectivity index is 0.000000655. The number of alkyl halides is 10. The highest BCUT2D eigenvalue weighted by Crippen LogP contribution is 2.31. The number of nitrogens with zero attached hydrogens (tertiary/aromatic N) is 2. The lowest BCUT2D eigenvalue weighted by Crippen LogP contribution is -2.32. The van der Waals surface area contributed by atoms with Crippen molar-refractivity contribution in [2.45, 2.75) is 56.4 Å². The van der Waals surface area contributed by atoms with Crippen LogP contribution < -0.4 is 25.8 Å². The summed E-state index contributed by atoms with van der Waals surface area (Å²) in [5.41, 5.74) is 6.44. The fourth-order valence-electron chi connectivity index (χ4n) is 3.92. The zero-order chi connectivity index (χ0) is 44.4. The third-order valence-electron chi connectivity index (χ3n) is 6.52. The summed E-state index contributed by atoms with van der Waals surface area (Å²) >= 11 is 5.85. The van der Waals surface area contributed by atoms with Gasteiger partial charge in [0.25, 0.3) is 11.8 Å². The molecule has 7 N–H and O–H groups in total. The molecule has 2 aromatic heterocycles. The Morgan fingerprint density at radius 3 is 1.78 bits per heavy atom. The average Bonchev–Trinajstić information content (AvgIpc) is 3.12. The maximum atomic E-state index is 13.3. The molecule has 1 aliphatic carbocycles. The largest absolute Gasteiger partial charge is 0.491 e. The van der Waals surface area contributed by atoms with E-state index in [-0.39, 0.29) is 41.5 Å². The first-order valence-corrected chi connectivity index (χ1v) is 16.0. The van der Waals surface area contributed by atoms with Crippen LogP contribution in [0.15, 0.2) is 54.9 Å². The van der Waals surface area contributed by atoms with Gasteiger partial charge in [0.1, 0.15) is 30.6 Å². The minimum atomic E-state index is -5.08. The van der Waals surface area contributed by atoms with Crippen molar-refractivity contribution >= 4 is 52.8 Å². The van der Waals surface area contributed by atoms with Crippen LogP contribution in [-0.2, 0) is 14.4 Å². The van der Waals surface area contributed by atoms with Gasteiger partial charge in [-0.05, 0) is 62.1 Å². The summed E-state index contributed by atoms with van der Waals surface area (Å²) in [6, 6.07) is 11.1. The number of carboxylic acid groups (broad SMARTS) is 3. The number of rotatable bonds is 9. The summed E-state index contributed by atoms with van der Waals surface area (Å²) in [5, 5.41) is 27.2. The number of hydrogen-bond acceptors (Lipinski definition) is 10. The highest BCUT2D eigenvalue weighted by molar-refractivity contribution is 6.30. The standard InChI is InChI=1S/C26H27ClFN5O4.3C2HF3O2/c27-16-3-10-23(31-15-16)33-26(35)24-21(2-1-12-30-24)32-25(34)20-9-8-19(36-13-11-28)14-22(20)37-18-6-4-17(29)5-7-18;3*3-2(4,5)1(6)7/h1-3,8-10,12,14-15,17-18H,4-7,11,13,29H2,(H,32,34)(H,31,33,35);3*(H,6,7). The van der Waals surface area contributed by atoms with Gasteiger partial charge in [0.05, 0.1) is 22.4 Å². The van der Waals surface area contributed by atoms with E-state index in [0.717, 1.165) is 25.7 Å². The number of anilines is 2. The highest BCUT2D eigenvalue weighted by atomic mass is 35.5. The van der Waals surface area contributed by atoms with Crippen LogP contribution in [0, 0.1) is 0 Å². The molecule has 0 unspecified atom stereocenters. The predicted octanol–water partition coefficient (Wildman–Crippen LogP) is 6.53. The SMILES string of the molecule is NC1CCC(Oc2cc(OCCF)ccc2C(=O)Nc2cccnc2C(=O)Nc2ccc(Cl)cn2)CC1.O=C(O)C(F)(F)F.O=C(O)C(F)(F)F.O=C(O)C(F)(F)F. The van der Waals surface area contributed by atoms with Crippen molar-refractivity contribution < 1.29 is 92.7 Å². The lowest BCUT2D eigenvalue weighted by Gasteiger charge is -2.27. The summed E-state index contributed by atoms with van der Waals surface area (Å²) in [6.45, 7) is -0.754. The molecule has 0 aliphatic heterocycles. The topological polar surface area (TPSA) is 240 Å². The number of aliphatic carboxylic acids is 3. The molecule has 3 aromatic rings. The van der Waals surface area contributed by atoms with Crippen molar-refractivity contribution in [1.82, 2.24) is 9.97 Å². The first kappa shape index (κ1) is 50.0. The molecular weight excluding hydrogens is 840 g/mol. The van der Waals surface area contributed by atoms with E-state index in [1.54, 1.807) is 42.5 Å². The first-order valence-electron chi connectivity index (χ1n) is 15.6. The molecule has 4 rings (SSSR count). The van der Waals surface area contributed by atoms with E-state index < -0.39 is 54.9 Å². The number of hydrogen-bond donors (Lipinski definition) is 6. The summed E-state index contributed by atoms with van der Waals surface area (Å²) in [6.07, 6.45) is -9.37. The van der Waals surface area contributed by atoms with Crippen LogP contribution in [0.25, 0.3) is 0 Å². The minimum absolute atomic E-state index is 0.000708. The fraction of sp³-hybridized carbons (Fsp3) is 0.344. The van der Waals surface area contributed by atoms with E-state index in [1.165, 1.54) is 12.4 Å². The van der Waals surface area contributed by atoms with Gasteiger partial charge < -0.3 is 41.2 Å². The molecule has 2 heterocycles. The molecule has 2 amide bonds. The van der Waals surface area contributed by atoms with Crippen LogP contribution in [0.4, 0.5) is 55.4 Å². The van der Waals surface area contributed by atoms with E-state index in [0.29, 0.717) is 16.5 Å². The number of aromatic nitrogens is 2. The smallest absolute Gasteiger partial charge is 0.490 e. The number of carboxylic acids is 3. The van der Waals surface area contributed by atoms with Gasteiger partial charge in [-0.1, -0.05) is 11.6 Å². The van der Waals surface area contributed by atoms with Gasteiger partial charge in [-0.2, -0.15) is 39.5 Å². The molecule has 1 aliphatic rings. The summed E-state index contributed by atoms with van der Waals surface area (Å²) in [7, 11) is 0. The van der Waals surface area contributed by atoms with Gasteiger partial charge >= 0.3 is 36.4 Å². The van der Waals surface area contributed by atoms with Crippen molar-refractivity contribution in [3.63, 3.8) is 0 Å². The monoisotopic (exact) mass is 869 g/mol. The van der Waals surface area contributed by atoms with Gasteiger partial charge in [-0.25, -0.2) is 28.7 Å². The molecular formula is C32H30ClF10N5O10. The van der Waals surface area contributed by atoms with Crippen LogP contribution in [0.2, 0.25) is 5.02 Å². The number of ether oxygens (including phenoxy) is 2. The van der Waals surface area contributed by atoms with Crippen LogP contribution in [0.5, 0.6) is 11.5 Å². The van der Waals surface area contributed by atoms with Crippen LogP contribution in [-0.4, -0.2) is 99.0 Å². The quantitative estimate of drug-likeness (QED) is 0.126. The Hall–Kier alpha value is -5.98. The van der Waals surface area contributed by atoms with E-state index in [2.05, 4.69) is 20.6 Å². The first-order chi connectivity index (χ1) is 26.8. The van der Waals surface area contributed by atoms with Crippen molar-refractivity contribution in [3.05, 3.63) is 71.1 Å². The summed E-state index contributed by atoms with van der Waals surface area (Å²) in [4.78, 5) is 61.0. The zero-order valence-electron chi connectivity index (χ0n) is 28.9. The number of carbonyl (C=O) groups is 5. The number of pyridine rings is 2. The number of carbonyl (C=O) groups excluding carboxylic acids is 2. The second-order valence-electron chi connectivity index (χ2n) is 10.9. The molecule has 15 nitrogen and oxygen atoms in total. The molecule has 0 radical (unpaired) electrons. The predicted molar refractivity (Wildman–Crippen MR) is 179 cm³/mol. The summed E-state index contributed by atoms with van der Waals surface area (Å²) < 4.78 is 119. The second kappa shape index (κ2) is 22.7. The minimum Gasteiger partial charge on any atom is -0.491 e. The number of benzene rings is 1. The van der Waals surface area contributed by atoms with Gasteiger partial charge in [-0.15, -0.1) is 0 Å². The summed E-state index contributed by atoms with van der Waals surface area (Å²) in [5.74, 6) is -8.37. The Labute approximate surface area is 324 Å². The number of nitrogens with two attached hydrogens (primary N) is 1. The molecule has 0 spiro atoms. The molecule has 320 valence electrons. The maximum Gasteiger partial charge on any atom is 0.490 e. The number of halogens is 11. The lowest BCUT2D eigenvalue weighted by molar-refractivity contribution is -0.193. The maximum absolute atomic E-state index is 13.3. The molecule has 0 bridgehead atoms. The molecule has 1 fully saturated rings. The Kier molecular flexibility index (Phi) is 19.6. The van der Waals surface area contributed by atoms with Crippen molar-refractivity contribution in [3.8, 4) is 11.5 Å². The van der Waals surface area contributed by atoms with Crippen molar-refractivity contribution in [2.75, 3.05) is 23.9 Å². The molecule has 58 heavy (non-hydrogen) atoms. The van der Waals surface area contributed by atoms with E-state index in [9.17, 15) is 53.5 Å². The van der Waals surface area contributed by atoms with E-state index in [1.807, 2.05) is 0 Å². The zero-order valence-corrected chi connectivity index (χ0v) is 29.7. The van der Waals surface area contributed by atoms with Crippen molar-refractivity contribution in [2.24, 2.45) is 5.73 Å². The Morgan fingerprint density at radius 2 is 1.31 bits per heavy atom. The van der Waals surface area contributed by atoms with E-state index in [4.69, 9.17) is 56.5 Å². The van der Waals surface area contributed by atoms with Crippen molar-refractivity contribution in [1.29, 1.82) is 0 Å². The molecule has 1 aromatic carbocycles. The molecule has 26 heteroatoms. The van der Waals surface area contributed by atoms with Gasteiger partial charge in [0, 0.05) is 24.5 Å². The molecule has 1 saturated carbocycles. The van der Waals surface area contributed by atoms with Crippen LogP contribution >= 0.6 is 11.6 Å². The third kappa shape index (κ3) is 18.8. The van der Waals surface area contributed by atoms with Crippen LogP contribution in [0.1, 0.15) is 46.5 Å². The molecule has 0 atom stereocenters. The van der Waals surface area contributed by atoms with Crippen LogP contribution in [0.3, 0.4) is 0 Å². The second-order valence-corrected chi connectivity index (χ2v) is 11.4. The molecule has 0 saturated heterocycles. The fourth-order valence-corrected chi connectivity index (χ4v) is 4.03. The van der Waals surface area contributed by atoms with Gasteiger partial charge in [0.2, 0.25) is 0 Å². The highest BCUT2D eigenvalue weighted by Gasteiger charge is 2.39. The lowest BCUT2D eigenvalue weighted by atomic mass is 9.93.